The zero-order chi connectivity index (χ0) is 14.4. The molecule has 2 atom stereocenters. The summed E-state index contributed by atoms with van der Waals surface area (Å²) < 4.78 is 6.87. The van der Waals surface area contributed by atoms with Crippen molar-refractivity contribution in [3.63, 3.8) is 0 Å². The average Bonchev–Trinajstić information content (AvgIpc) is 2.96. The van der Waals surface area contributed by atoms with Gasteiger partial charge in [-0.05, 0) is 50.4 Å². The zero-order valence-corrected chi connectivity index (χ0v) is 14.7. The van der Waals surface area contributed by atoms with Gasteiger partial charge in [0, 0.05) is 27.8 Å². The van der Waals surface area contributed by atoms with Crippen LogP contribution in [0.1, 0.15) is 44.7 Å². The van der Waals surface area contributed by atoms with Crippen molar-refractivity contribution in [2.75, 3.05) is 18.9 Å². The average molecular weight is 358 g/mol. The van der Waals surface area contributed by atoms with Crippen LogP contribution in [0.2, 0.25) is 0 Å². The molecule has 1 heterocycles. The van der Waals surface area contributed by atoms with E-state index in [-0.39, 0.29) is 0 Å². The maximum absolute atomic E-state index is 5.72. The first-order valence-electron chi connectivity index (χ1n) is 7.48. The lowest BCUT2D eigenvalue weighted by atomic mass is 10.1. The Kier molecular flexibility index (Phi) is 6.88. The van der Waals surface area contributed by atoms with Gasteiger partial charge in [0.15, 0.2) is 0 Å². The highest BCUT2D eigenvalue weighted by molar-refractivity contribution is 9.10. The summed E-state index contributed by atoms with van der Waals surface area (Å²) in [4.78, 5) is 1.37. The van der Waals surface area contributed by atoms with Crippen molar-refractivity contribution in [2.45, 2.75) is 50.2 Å². The first kappa shape index (κ1) is 16.3. The maximum Gasteiger partial charge on any atom is 0.0669 e. The van der Waals surface area contributed by atoms with Crippen LogP contribution >= 0.6 is 27.7 Å². The van der Waals surface area contributed by atoms with Crippen LogP contribution in [-0.2, 0) is 4.74 Å². The SMILES string of the molecule is CCCNC(C)c1ccc(Br)cc1SCC1CCCO1. The summed E-state index contributed by atoms with van der Waals surface area (Å²) in [5, 5.41) is 3.58. The van der Waals surface area contributed by atoms with Crippen LogP contribution in [0, 0.1) is 0 Å². The predicted octanol–water partition coefficient (Wildman–Crippen LogP) is 4.78. The molecule has 0 amide bonds. The molecular weight excluding hydrogens is 334 g/mol. The van der Waals surface area contributed by atoms with Gasteiger partial charge >= 0.3 is 0 Å². The number of rotatable bonds is 7. The minimum Gasteiger partial charge on any atom is -0.377 e. The third kappa shape index (κ3) is 4.76. The minimum absolute atomic E-state index is 0.398. The van der Waals surface area contributed by atoms with Gasteiger partial charge in [0.1, 0.15) is 0 Å². The van der Waals surface area contributed by atoms with Crippen molar-refractivity contribution in [3.8, 4) is 0 Å². The molecule has 1 aromatic carbocycles. The Morgan fingerprint density at radius 2 is 2.35 bits per heavy atom. The molecule has 0 spiro atoms. The molecule has 0 aliphatic carbocycles. The van der Waals surface area contributed by atoms with Gasteiger partial charge in [-0.15, -0.1) is 11.8 Å². The van der Waals surface area contributed by atoms with Crippen LogP contribution in [0.15, 0.2) is 27.6 Å². The Bertz CT molecular complexity index is 421. The van der Waals surface area contributed by atoms with Crippen LogP contribution in [-0.4, -0.2) is 25.0 Å². The molecular formula is C16H24BrNOS. The van der Waals surface area contributed by atoms with Crippen molar-refractivity contribution < 1.29 is 4.74 Å². The van der Waals surface area contributed by atoms with Gasteiger partial charge < -0.3 is 10.1 Å². The molecule has 0 bridgehead atoms. The maximum atomic E-state index is 5.72. The zero-order valence-electron chi connectivity index (χ0n) is 12.3. The number of benzene rings is 1. The largest absolute Gasteiger partial charge is 0.377 e. The molecule has 4 heteroatoms. The first-order chi connectivity index (χ1) is 9.70. The molecule has 0 aromatic heterocycles. The van der Waals surface area contributed by atoms with E-state index in [1.165, 1.54) is 29.7 Å². The molecule has 1 aliphatic heterocycles. The summed E-state index contributed by atoms with van der Waals surface area (Å²) in [5.41, 5.74) is 1.39. The van der Waals surface area contributed by atoms with Crippen LogP contribution in [0.4, 0.5) is 0 Å². The van der Waals surface area contributed by atoms with Crippen LogP contribution in [0.5, 0.6) is 0 Å². The summed E-state index contributed by atoms with van der Waals surface area (Å²) in [6.45, 7) is 6.45. The summed E-state index contributed by atoms with van der Waals surface area (Å²) in [6, 6.07) is 7.00. The van der Waals surface area contributed by atoms with Gasteiger partial charge in [-0.2, -0.15) is 0 Å². The van der Waals surface area contributed by atoms with Crippen LogP contribution in [0.3, 0.4) is 0 Å². The third-order valence-corrected chi connectivity index (χ3v) is 5.29. The Morgan fingerprint density at radius 1 is 1.50 bits per heavy atom. The van der Waals surface area contributed by atoms with E-state index in [0.29, 0.717) is 12.1 Å². The highest BCUT2D eigenvalue weighted by Crippen LogP contribution is 2.32. The lowest BCUT2D eigenvalue weighted by Crippen LogP contribution is -2.20. The number of hydrogen-bond donors (Lipinski definition) is 1. The normalized spacial score (nSPS) is 20.2. The number of hydrogen-bond acceptors (Lipinski definition) is 3. The molecule has 1 N–H and O–H groups in total. The molecule has 1 fully saturated rings. The molecule has 1 aromatic rings. The monoisotopic (exact) mass is 357 g/mol. The Labute approximate surface area is 135 Å². The van der Waals surface area contributed by atoms with E-state index in [1.807, 2.05) is 11.8 Å². The predicted molar refractivity (Wildman–Crippen MR) is 90.5 cm³/mol. The molecule has 1 saturated heterocycles. The molecule has 0 radical (unpaired) electrons. The van der Waals surface area contributed by atoms with Gasteiger partial charge in [0.2, 0.25) is 0 Å². The molecule has 2 nitrogen and oxygen atoms in total. The molecule has 0 saturated carbocycles. The van der Waals surface area contributed by atoms with Crippen LogP contribution < -0.4 is 5.32 Å². The molecule has 1 aliphatic rings. The van der Waals surface area contributed by atoms with Crippen molar-refractivity contribution in [3.05, 3.63) is 28.2 Å². The highest BCUT2D eigenvalue weighted by Gasteiger charge is 2.17. The second kappa shape index (κ2) is 8.42. The summed E-state index contributed by atoms with van der Waals surface area (Å²) in [5.74, 6) is 1.06. The number of halogens is 1. The van der Waals surface area contributed by atoms with E-state index in [1.54, 1.807) is 0 Å². The van der Waals surface area contributed by atoms with Crippen molar-refractivity contribution in [1.82, 2.24) is 5.32 Å². The Hall–Kier alpha value is -0.0300. The lowest BCUT2D eigenvalue weighted by molar-refractivity contribution is 0.129. The fourth-order valence-electron chi connectivity index (χ4n) is 2.42. The minimum atomic E-state index is 0.398. The summed E-state index contributed by atoms with van der Waals surface area (Å²) in [6.07, 6.45) is 4.02. The summed E-state index contributed by atoms with van der Waals surface area (Å²) in [7, 11) is 0. The van der Waals surface area contributed by atoms with Crippen molar-refractivity contribution >= 4 is 27.7 Å². The topological polar surface area (TPSA) is 21.3 Å². The van der Waals surface area contributed by atoms with Crippen LogP contribution in [0.25, 0.3) is 0 Å². The first-order valence-corrected chi connectivity index (χ1v) is 9.25. The van der Waals surface area contributed by atoms with Gasteiger partial charge in [-0.1, -0.05) is 28.9 Å². The van der Waals surface area contributed by atoms with Gasteiger partial charge in [0.25, 0.3) is 0 Å². The fraction of sp³-hybridized carbons (Fsp3) is 0.625. The third-order valence-electron chi connectivity index (χ3n) is 3.59. The van der Waals surface area contributed by atoms with E-state index in [4.69, 9.17) is 4.74 Å². The number of thioether (sulfide) groups is 1. The van der Waals surface area contributed by atoms with Gasteiger partial charge in [0.05, 0.1) is 6.10 Å². The van der Waals surface area contributed by atoms with E-state index in [0.717, 1.165) is 23.4 Å². The molecule has 20 heavy (non-hydrogen) atoms. The molecule has 2 unspecified atom stereocenters. The highest BCUT2D eigenvalue weighted by atomic mass is 79.9. The van der Waals surface area contributed by atoms with E-state index < -0.39 is 0 Å². The Morgan fingerprint density at radius 3 is 3.05 bits per heavy atom. The lowest BCUT2D eigenvalue weighted by Gasteiger charge is -2.19. The van der Waals surface area contributed by atoms with Crippen molar-refractivity contribution in [2.24, 2.45) is 0 Å². The number of nitrogens with one attached hydrogen (secondary N) is 1. The smallest absolute Gasteiger partial charge is 0.0669 e. The molecule has 2 rings (SSSR count). The number of ether oxygens (including phenoxy) is 1. The van der Waals surface area contributed by atoms with Gasteiger partial charge in [-0.25, -0.2) is 0 Å². The quantitative estimate of drug-likeness (QED) is 0.709. The van der Waals surface area contributed by atoms with E-state index in [2.05, 4.69) is 53.3 Å². The standard InChI is InChI=1S/C16H24BrNOS/c1-3-8-18-12(2)15-7-6-13(17)10-16(15)20-11-14-5-4-9-19-14/h6-7,10,12,14,18H,3-5,8-9,11H2,1-2H3. The van der Waals surface area contributed by atoms with E-state index in [9.17, 15) is 0 Å². The van der Waals surface area contributed by atoms with E-state index >= 15 is 0 Å². The molecule has 112 valence electrons. The summed E-state index contributed by atoms with van der Waals surface area (Å²) >= 11 is 5.51. The fourth-order valence-corrected chi connectivity index (χ4v) is 4.18. The second-order valence-corrected chi connectivity index (χ2v) is 7.28. The van der Waals surface area contributed by atoms with Crippen molar-refractivity contribution in [1.29, 1.82) is 0 Å². The van der Waals surface area contributed by atoms with Gasteiger partial charge in [-0.3, -0.25) is 0 Å². The second-order valence-electron chi connectivity index (χ2n) is 5.30. The Balaban J connectivity index is 2.02.